The minimum absolute atomic E-state index is 0.312. The molecule has 0 aliphatic carbocycles. The number of urea groups is 1. The average molecular weight is 410 g/mol. The first-order valence-electron chi connectivity index (χ1n) is 6.08. The summed E-state index contributed by atoms with van der Waals surface area (Å²) >= 11 is 6.84. The van der Waals surface area contributed by atoms with E-state index in [9.17, 15) is 4.79 Å². The van der Waals surface area contributed by atoms with Crippen molar-refractivity contribution in [2.75, 3.05) is 10.6 Å². The molecule has 0 radical (unpaired) electrons. The summed E-state index contributed by atoms with van der Waals surface area (Å²) in [7, 11) is 0. The van der Waals surface area contributed by atoms with Gasteiger partial charge in [-0.25, -0.2) is 4.79 Å². The smallest absolute Gasteiger partial charge is 0.308 e. The van der Waals surface area contributed by atoms with Crippen LogP contribution in [0.4, 0.5) is 16.2 Å². The number of hydrogen-bond acceptors (Lipinski definition) is 2. The zero-order chi connectivity index (χ0) is 14.8. The second kappa shape index (κ2) is 5.87. The Morgan fingerprint density at radius 1 is 1.10 bits per heavy atom. The van der Waals surface area contributed by atoms with Crippen LogP contribution in [0.2, 0.25) is 0 Å². The van der Waals surface area contributed by atoms with Gasteiger partial charge in [-0.05, 0) is 56.1 Å². The topological polar surface area (TPSA) is 69.8 Å². The van der Waals surface area contributed by atoms with Gasteiger partial charge >= 0.3 is 6.03 Å². The summed E-state index contributed by atoms with van der Waals surface area (Å²) in [6, 6.07) is 10.8. The third-order valence-electron chi connectivity index (χ3n) is 2.89. The minimum Gasteiger partial charge on any atom is -0.308 e. The van der Waals surface area contributed by atoms with Crippen LogP contribution in [0, 0.1) is 0 Å². The van der Waals surface area contributed by atoms with Crippen molar-refractivity contribution < 1.29 is 4.79 Å². The predicted octanol–water partition coefficient (Wildman–Crippen LogP) is 4.73. The fourth-order valence-electron chi connectivity index (χ4n) is 1.93. The van der Waals surface area contributed by atoms with Gasteiger partial charge in [-0.3, -0.25) is 5.10 Å². The summed E-state index contributed by atoms with van der Waals surface area (Å²) in [5.74, 6) is 0. The molecule has 0 atom stereocenters. The Morgan fingerprint density at radius 2 is 1.90 bits per heavy atom. The number of rotatable bonds is 2. The summed E-state index contributed by atoms with van der Waals surface area (Å²) in [6.45, 7) is 0. The molecule has 0 aliphatic heterocycles. The summed E-state index contributed by atoms with van der Waals surface area (Å²) in [4.78, 5) is 12.0. The normalized spacial score (nSPS) is 10.6. The van der Waals surface area contributed by atoms with Gasteiger partial charge in [0.25, 0.3) is 0 Å². The van der Waals surface area contributed by atoms with Gasteiger partial charge in [0, 0.05) is 20.0 Å². The highest BCUT2D eigenvalue weighted by Gasteiger charge is 2.08. The first-order valence-corrected chi connectivity index (χ1v) is 7.67. The van der Waals surface area contributed by atoms with Crippen molar-refractivity contribution in [3.63, 3.8) is 0 Å². The van der Waals surface area contributed by atoms with E-state index in [0.29, 0.717) is 11.4 Å². The fourth-order valence-corrected chi connectivity index (χ4v) is 2.87. The molecule has 106 valence electrons. The molecule has 0 unspecified atom stereocenters. The van der Waals surface area contributed by atoms with Gasteiger partial charge in [-0.1, -0.05) is 12.1 Å². The first kappa shape index (κ1) is 14.1. The van der Waals surface area contributed by atoms with Gasteiger partial charge in [0.2, 0.25) is 0 Å². The molecule has 3 N–H and O–H groups in total. The summed E-state index contributed by atoms with van der Waals surface area (Å²) in [5.41, 5.74) is 2.22. The number of halogens is 2. The molecule has 0 saturated carbocycles. The van der Waals surface area contributed by atoms with Crippen molar-refractivity contribution >= 4 is 60.2 Å². The highest BCUT2D eigenvalue weighted by molar-refractivity contribution is 9.11. The summed E-state index contributed by atoms with van der Waals surface area (Å²) in [6.07, 6.45) is 1.73. The number of benzene rings is 2. The van der Waals surface area contributed by atoms with E-state index in [0.717, 1.165) is 19.8 Å². The van der Waals surface area contributed by atoms with Crippen molar-refractivity contribution in [2.24, 2.45) is 0 Å². The zero-order valence-electron chi connectivity index (χ0n) is 10.7. The monoisotopic (exact) mass is 408 g/mol. The van der Waals surface area contributed by atoms with Gasteiger partial charge in [0.1, 0.15) is 0 Å². The van der Waals surface area contributed by atoms with Crippen LogP contribution in [-0.2, 0) is 0 Å². The van der Waals surface area contributed by atoms with E-state index in [1.807, 2.05) is 36.4 Å². The molecule has 0 saturated heterocycles. The maximum atomic E-state index is 12.0. The standard InChI is InChI=1S/C14H10Br2N4O/c15-10-3-1-2-4-12(10)19-14(21)18-8-5-11(16)9-7-17-20-13(9)6-8/h1-7H,(H,17,20)(H2,18,19,21). The van der Waals surface area contributed by atoms with Crippen LogP contribution < -0.4 is 10.6 Å². The quantitative estimate of drug-likeness (QED) is 0.572. The molecule has 1 heterocycles. The summed E-state index contributed by atoms with van der Waals surface area (Å²) in [5, 5.41) is 13.4. The minimum atomic E-state index is -0.312. The lowest BCUT2D eigenvalue weighted by atomic mass is 10.2. The Kier molecular flexibility index (Phi) is 3.94. The van der Waals surface area contributed by atoms with Crippen LogP contribution in [0.1, 0.15) is 0 Å². The maximum Gasteiger partial charge on any atom is 0.323 e. The number of para-hydroxylation sites is 1. The Balaban J connectivity index is 1.78. The number of nitrogens with zero attached hydrogens (tertiary/aromatic N) is 1. The molecule has 2 amide bonds. The number of aromatic amines is 1. The van der Waals surface area contributed by atoms with E-state index in [1.165, 1.54) is 0 Å². The number of H-pyrrole nitrogens is 1. The number of carbonyl (C=O) groups excluding carboxylic acids is 1. The Hall–Kier alpha value is -1.86. The molecule has 0 fully saturated rings. The molecule has 0 aliphatic rings. The van der Waals surface area contributed by atoms with Crippen LogP contribution in [-0.4, -0.2) is 16.2 Å². The van der Waals surface area contributed by atoms with Crippen LogP contribution in [0.3, 0.4) is 0 Å². The molecule has 0 bridgehead atoms. The van der Waals surface area contributed by atoms with Crippen molar-refractivity contribution in [3.05, 3.63) is 51.5 Å². The number of amides is 2. The zero-order valence-corrected chi connectivity index (χ0v) is 13.8. The van der Waals surface area contributed by atoms with Crippen molar-refractivity contribution in [3.8, 4) is 0 Å². The summed E-state index contributed by atoms with van der Waals surface area (Å²) < 4.78 is 1.69. The lowest BCUT2D eigenvalue weighted by Gasteiger charge is -2.09. The van der Waals surface area contributed by atoms with Gasteiger partial charge in [-0.2, -0.15) is 5.10 Å². The average Bonchev–Trinajstić information content (AvgIpc) is 2.90. The van der Waals surface area contributed by atoms with Crippen molar-refractivity contribution in [1.82, 2.24) is 10.2 Å². The second-order valence-electron chi connectivity index (χ2n) is 4.35. The molecule has 21 heavy (non-hydrogen) atoms. The molecule has 0 spiro atoms. The molecule has 5 nitrogen and oxygen atoms in total. The van der Waals surface area contributed by atoms with E-state index < -0.39 is 0 Å². The maximum absolute atomic E-state index is 12.0. The molecular formula is C14H10Br2N4O. The number of aromatic nitrogens is 2. The predicted molar refractivity (Wildman–Crippen MR) is 90.6 cm³/mol. The number of anilines is 2. The Labute approximate surface area is 137 Å². The van der Waals surface area contributed by atoms with Gasteiger partial charge in [0.15, 0.2) is 0 Å². The lowest BCUT2D eigenvalue weighted by Crippen LogP contribution is -2.19. The van der Waals surface area contributed by atoms with E-state index in [-0.39, 0.29) is 6.03 Å². The largest absolute Gasteiger partial charge is 0.323 e. The van der Waals surface area contributed by atoms with E-state index >= 15 is 0 Å². The first-order chi connectivity index (χ1) is 10.1. The van der Waals surface area contributed by atoms with E-state index in [2.05, 4.69) is 52.7 Å². The molecule has 2 aromatic carbocycles. The number of fused-ring (bicyclic) bond motifs is 1. The van der Waals surface area contributed by atoms with Crippen molar-refractivity contribution in [1.29, 1.82) is 0 Å². The molecule has 1 aromatic heterocycles. The van der Waals surface area contributed by atoms with E-state index in [1.54, 1.807) is 6.20 Å². The van der Waals surface area contributed by atoms with E-state index in [4.69, 9.17) is 0 Å². The number of hydrogen-bond donors (Lipinski definition) is 3. The van der Waals surface area contributed by atoms with Crippen LogP contribution >= 0.6 is 31.9 Å². The lowest BCUT2D eigenvalue weighted by molar-refractivity contribution is 0.262. The van der Waals surface area contributed by atoms with Crippen LogP contribution in [0.25, 0.3) is 10.9 Å². The molecular weight excluding hydrogens is 400 g/mol. The fraction of sp³-hybridized carbons (Fsp3) is 0. The highest BCUT2D eigenvalue weighted by atomic mass is 79.9. The molecule has 3 rings (SSSR count). The van der Waals surface area contributed by atoms with Gasteiger partial charge in [0.05, 0.1) is 17.4 Å². The molecule has 7 heteroatoms. The third-order valence-corrected chi connectivity index (χ3v) is 4.24. The van der Waals surface area contributed by atoms with Crippen LogP contribution in [0.5, 0.6) is 0 Å². The SMILES string of the molecule is O=C(Nc1cc(Br)c2cn[nH]c2c1)Nc1ccccc1Br. The second-order valence-corrected chi connectivity index (χ2v) is 6.06. The Morgan fingerprint density at radius 3 is 2.71 bits per heavy atom. The van der Waals surface area contributed by atoms with Crippen molar-refractivity contribution in [2.45, 2.75) is 0 Å². The van der Waals surface area contributed by atoms with Gasteiger partial charge in [-0.15, -0.1) is 0 Å². The number of nitrogens with one attached hydrogen (secondary N) is 3. The number of carbonyl (C=O) groups is 1. The Bertz CT molecular complexity index is 816. The van der Waals surface area contributed by atoms with Crippen LogP contribution in [0.15, 0.2) is 51.5 Å². The molecule has 3 aromatic rings. The highest BCUT2D eigenvalue weighted by Crippen LogP contribution is 2.27. The van der Waals surface area contributed by atoms with Gasteiger partial charge < -0.3 is 10.6 Å². The third kappa shape index (κ3) is 3.08.